The molecule has 0 spiro atoms. The van der Waals surface area contributed by atoms with Gasteiger partial charge in [-0.3, -0.25) is 14.5 Å². The van der Waals surface area contributed by atoms with Crippen LogP contribution in [0.5, 0.6) is 0 Å². The molecule has 0 radical (unpaired) electrons. The Morgan fingerprint density at radius 3 is 2.79 bits per heavy atom. The zero-order valence-electron chi connectivity index (χ0n) is 12.9. The Labute approximate surface area is 142 Å². The van der Waals surface area contributed by atoms with E-state index in [0.29, 0.717) is 17.1 Å². The van der Waals surface area contributed by atoms with Crippen LogP contribution in [0.15, 0.2) is 58.4 Å². The summed E-state index contributed by atoms with van der Waals surface area (Å²) in [5.74, 6) is 0.177. The van der Waals surface area contributed by atoms with Gasteiger partial charge in [-0.15, -0.1) is 6.58 Å². The van der Waals surface area contributed by atoms with Crippen LogP contribution in [-0.2, 0) is 4.79 Å². The molecule has 2 heterocycles. The summed E-state index contributed by atoms with van der Waals surface area (Å²) in [7, 11) is 0. The van der Waals surface area contributed by atoms with Gasteiger partial charge in [0.1, 0.15) is 17.3 Å². The number of benzene rings is 1. The first-order valence-corrected chi connectivity index (χ1v) is 8.06. The Hall–Kier alpha value is -2.60. The van der Waals surface area contributed by atoms with Crippen LogP contribution in [0.2, 0.25) is 0 Å². The molecule has 0 bridgehead atoms. The predicted octanol–water partition coefficient (Wildman–Crippen LogP) is 4.70. The van der Waals surface area contributed by atoms with E-state index in [9.17, 15) is 14.0 Å². The topological polar surface area (TPSA) is 50.5 Å². The number of imide groups is 1. The molecule has 3 rings (SSSR count). The number of carbonyl (C=O) groups excluding carboxylic acids is 2. The van der Waals surface area contributed by atoms with E-state index >= 15 is 0 Å². The van der Waals surface area contributed by atoms with Crippen molar-refractivity contribution in [3.05, 3.63) is 65.5 Å². The Morgan fingerprint density at radius 2 is 2.08 bits per heavy atom. The van der Waals surface area contributed by atoms with E-state index < -0.39 is 0 Å². The fraction of sp³-hybridized carbons (Fsp3) is 0.111. The van der Waals surface area contributed by atoms with Crippen LogP contribution >= 0.6 is 11.8 Å². The average molecular weight is 343 g/mol. The lowest BCUT2D eigenvalue weighted by Crippen LogP contribution is -2.35. The molecule has 0 aliphatic carbocycles. The Kier molecular flexibility index (Phi) is 4.40. The van der Waals surface area contributed by atoms with Crippen molar-refractivity contribution in [3.8, 4) is 11.3 Å². The molecular formula is C18H14FNO3S. The molecule has 0 N–H and O–H groups in total. The molecule has 2 aromatic rings. The lowest BCUT2D eigenvalue weighted by Gasteiger charge is -2.17. The zero-order valence-corrected chi connectivity index (χ0v) is 13.7. The Balaban J connectivity index is 1.86. The third-order valence-electron chi connectivity index (χ3n) is 3.58. The molecule has 1 fully saturated rings. The number of rotatable bonds is 4. The molecule has 1 aromatic heterocycles. The van der Waals surface area contributed by atoms with Crippen LogP contribution in [0.3, 0.4) is 0 Å². The number of hydrogen-bond donors (Lipinski definition) is 0. The number of hydrogen-bond acceptors (Lipinski definition) is 4. The van der Waals surface area contributed by atoms with Crippen LogP contribution in [0.4, 0.5) is 9.18 Å². The van der Waals surface area contributed by atoms with Crippen LogP contribution in [-0.4, -0.2) is 22.1 Å². The summed E-state index contributed by atoms with van der Waals surface area (Å²) >= 11 is 0.859. The maximum absolute atomic E-state index is 13.3. The van der Waals surface area contributed by atoms with Crippen molar-refractivity contribution in [2.75, 3.05) is 0 Å². The zero-order chi connectivity index (χ0) is 17.3. The van der Waals surface area contributed by atoms with Gasteiger partial charge in [0, 0.05) is 11.6 Å². The lowest BCUT2D eigenvalue weighted by atomic mass is 10.2. The Morgan fingerprint density at radius 1 is 1.29 bits per heavy atom. The number of amides is 2. The minimum Gasteiger partial charge on any atom is -0.457 e. The smallest absolute Gasteiger partial charge is 0.294 e. The summed E-state index contributed by atoms with van der Waals surface area (Å²) in [6, 6.07) is 9.03. The van der Waals surface area contributed by atoms with Crippen molar-refractivity contribution in [1.82, 2.24) is 4.90 Å². The fourth-order valence-electron chi connectivity index (χ4n) is 2.29. The minimum absolute atomic E-state index is 0.286. The predicted molar refractivity (Wildman–Crippen MR) is 91.6 cm³/mol. The second-order valence-electron chi connectivity index (χ2n) is 5.24. The third kappa shape index (κ3) is 3.05. The number of thioether (sulfide) groups is 1. The molecule has 122 valence electrons. The molecule has 1 aliphatic rings. The van der Waals surface area contributed by atoms with Crippen molar-refractivity contribution < 1.29 is 18.4 Å². The molecule has 0 unspecified atom stereocenters. The van der Waals surface area contributed by atoms with Gasteiger partial charge in [0.2, 0.25) is 0 Å². The number of furan rings is 1. The first-order chi connectivity index (χ1) is 11.5. The number of halogens is 1. The molecule has 1 atom stereocenters. The minimum atomic E-state index is -0.374. The summed E-state index contributed by atoms with van der Waals surface area (Å²) in [4.78, 5) is 25.7. The van der Waals surface area contributed by atoms with E-state index in [1.54, 1.807) is 31.2 Å². The normalized spacial score (nSPS) is 17.6. The summed E-state index contributed by atoms with van der Waals surface area (Å²) in [5.41, 5.74) is 0.600. The molecule has 6 heteroatoms. The summed E-state index contributed by atoms with van der Waals surface area (Å²) in [6.07, 6.45) is 3.05. The van der Waals surface area contributed by atoms with E-state index in [1.807, 2.05) is 0 Å². The fourth-order valence-corrected chi connectivity index (χ4v) is 3.19. The molecule has 0 saturated carbocycles. The van der Waals surface area contributed by atoms with Crippen LogP contribution < -0.4 is 0 Å². The summed E-state index contributed by atoms with van der Waals surface area (Å²) < 4.78 is 18.9. The third-order valence-corrected chi connectivity index (χ3v) is 4.46. The van der Waals surface area contributed by atoms with E-state index in [1.165, 1.54) is 24.3 Å². The number of carbonyl (C=O) groups is 2. The van der Waals surface area contributed by atoms with Gasteiger partial charge in [0.15, 0.2) is 0 Å². The second kappa shape index (κ2) is 6.49. The monoisotopic (exact) mass is 343 g/mol. The van der Waals surface area contributed by atoms with Gasteiger partial charge in [-0.25, -0.2) is 4.39 Å². The highest BCUT2D eigenvalue weighted by atomic mass is 32.2. The van der Waals surface area contributed by atoms with Crippen LogP contribution in [0, 0.1) is 5.82 Å². The largest absolute Gasteiger partial charge is 0.457 e. The summed E-state index contributed by atoms with van der Waals surface area (Å²) in [6.45, 7) is 5.33. The van der Waals surface area contributed by atoms with Crippen molar-refractivity contribution >= 4 is 29.0 Å². The first kappa shape index (κ1) is 16.3. The van der Waals surface area contributed by atoms with Crippen molar-refractivity contribution in [2.24, 2.45) is 0 Å². The van der Waals surface area contributed by atoms with Crippen LogP contribution in [0.25, 0.3) is 17.4 Å². The maximum Gasteiger partial charge on any atom is 0.294 e. The highest BCUT2D eigenvalue weighted by molar-refractivity contribution is 8.18. The molecule has 4 nitrogen and oxygen atoms in total. The molecule has 1 aromatic carbocycles. The van der Waals surface area contributed by atoms with Gasteiger partial charge < -0.3 is 4.42 Å². The van der Waals surface area contributed by atoms with Gasteiger partial charge in [-0.2, -0.15) is 0 Å². The van der Waals surface area contributed by atoms with Gasteiger partial charge in [-0.1, -0.05) is 18.2 Å². The highest BCUT2D eigenvalue weighted by Gasteiger charge is 2.37. The Bertz CT molecular complexity index is 855. The van der Waals surface area contributed by atoms with Gasteiger partial charge in [0.25, 0.3) is 11.1 Å². The average Bonchev–Trinajstić information content (AvgIpc) is 3.12. The first-order valence-electron chi connectivity index (χ1n) is 7.25. The van der Waals surface area contributed by atoms with Crippen molar-refractivity contribution in [2.45, 2.75) is 13.0 Å². The highest BCUT2D eigenvalue weighted by Crippen LogP contribution is 2.34. The van der Waals surface area contributed by atoms with Crippen LogP contribution in [0.1, 0.15) is 12.7 Å². The van der Waals surface area contributed by atoms with Crippen molar-refractivity contribution in [3.63, 3.8) is 0 Å². The van der Waals surface area contributed by atoms with Crippen molar-refractivity contribution in [1.29, 1.82) is 0 Å². The standard InChI is InChI=1S/C18H14FNO3S/c1-3-11(2)20-17(21)16(24-18(20)22)10-14-7-8-15(23-14)12-5-4-6-13(19)9-12/h3-11H,1H2,2H3/b16-10-/t11-/m1/s1. The second-order valence-corrected chi connectivity index (χ2v) is 6.23. The molecule has 1 aliphatic heterocycles. The van der Waals surface area contributed by atoms with E-state index in [-0.39, 0.29) is 27.9 Å². The van der Waals surface area contributed by atoms with E-state index in [4.69, 9.17) is 4.42 Å². The maximum atomic E-state index is 13.3. The SMILES string of the molecule is C=C[C@@H](C)N1C(=O)S/C(=C\c2ccc(-c3cccc(F)c3)o2)C1=O. The molecular weight excluding hydrogens is 329 g/mol. The lowest BCUT2D eigenvalue weighted by molar-refractivity contribution is -0.123. The van der Waals surface area contributed by atoms with Gasteiger partial charge in [0.05, 0.1) is 10.9 Å². The summed E-state index contributed by atoms with van der Waals surface area (Å²) in [5, 5.41) is -0.337. The molecule has 24 heavy (non-hydrogen) atoms. The molecule has 1 saturated heterocycles. The molecule has 2 amide bonds. The van der Waals surface area contributed by atoms with E-state index in [0.717, 1.165) is 16.7 Å². The van der Waals surface area contributed by atoms with E-state index in [2.05, 4.69) is 6.58 Å². The van der Waals surface area contributed by atoms with Gasteiger partial charge in [-0.05, 0) is 43.0 Å². The quantitative estimate of drug-likeness (QED) is 0.596. The van der Waals surface area contributed by atoms with Gasteiger partial charge >= 0.3 is 0 Å². The number of nitrogens with zero attached hydrogens (tertiary/aromatic N) is 1.